The van der Waals surface area contributed by atoms with E-state index >= 15 is 0 Å². The third-order valence-electron chi connectivity index (χ3n) is 4.41. The van der Waals surface area contributed by atoms with Crippen LogP contribution in [0.3, 0.4) is 0 Å². The van der Waals surface area contributed by atoms with Gasteiger partial charge in [-0.1, -0.05) is 12.1 Å². The number of amides is 1. The summed E-state index contributed by atoms with van der Waals surface area (Å²) in [6, 6.07) is 10.2. The first-order valence-corrected chi connectivity index (χ1v) is 9.01. The lowest BCUT2D eigenvalue weighted by molar-refractivity contribution is -0.121. The van der Waals surface area contributed by atoms with Crippen LogP contribution in [0.25, 0.3) is 0 Å². The summed E-state index contributed by atoms with van der Waals surface area (Å²) < 4.78 is 24.4. The highest BCUT2D eigenvalue weighted by atomic mass is 19.1. The monoisotopic (exact) mass is 357 g/mol. The number of rotatable bonds is 7. The maximum atomic E-state index is 12.9. The highest BCUT2D eigenvalue weighted by Crippen LogP contribution is 2.35. The van der Waals surface area contributed by atoms with Crippen molar-refractivity contribution in [3.05, 3.63) is 58.9 Å². The minimum atomic E-state index is -0.269. The number of carbonyl (C=O) groups excluding carboxylic acids is 1. The van der Waals surface area contributed by atoms with Crippen LogP contribution in [0.5, 0.6) is 11.5 Å². The molecular formula is C21H24FNO3. The highest BCUT2D eigenvalue weighted by Gasteiger charge is 2.22. The van der Waals surface area contributed by atoms with Gasteiger partial charge in [0.05, 0.1) is 6.61 Å². The molecule has 0 fully saturated rings. The van der Waals surface area contributed by atoms with E-state index in [1.807, 2.05) is 26.0 Å². The molecular weight excluding hydrogens is 333 g/mol. The maximum Gasteiger partial charge on any atom is 0.220 e. The van der Waals surface area contributed by atoms with E-state index in [0.29, 0.717) is 26.0 Å². The van der Waals surface area contributed by atoms with Crippen LogP contribution in [0.1, 0.15) is 37.0 Å². The number of halogens is 1. The Kier molecular flexibility index (Phi) is 5.76. The second-order valence-corrected chi connectivity index (χ2v) is 6.54. The average molecular weight is 357 g/mol. The molecule has 2 aromatic carbocycles. The Morgan fingerprint density at radius 2 is 2.08 bits per heavy atom. The number of hydrogen-bond acceptors (Lipinski definition) is 3. The van der Waals surface area contributed by atoms with Crippen molar-refractivity contribution in [2.45, 2.75) is 45.8 Å². The minimum absolute atomic E-state index is 0.0495. The quantitative estimate of drug-likeness (QED) is 0.820. The Bertz CT molecular complexity index is 774. The van der Waals surface area contributed by atoms with Crippen molar-refractivity contribution >= 4 is 5.91 Å². The molecule has 26 heavy (non-hydrogen) atoms. The van der Waals surface area contributed by atoms with Crippen molar-refractivity contribution in [1.82, 2.24) is 5.32 Å². The zero-order valence-corrected chi connectivity index (χ0v) is 15.2. The van der Waals surface area contributed by atoms with E-state index in [1.165, 1.54) is 12.1 Å². The van der Waals surface area contributed by atoms with Crippen LogP contribution >= 0.6 is 0 Å². The summed E-state index contributed by atoms with van der Waals surface area (Å²) in [6.45, 7) is 4.94. The van der Waals surface area contributed by atoms with Gasteiger partial charge >= 0.3 is 0 Å². The Balaban J connectivity index is 1.58. The average Bonchev–Trinajstić information content (AvgIpc) is 2.98. The van der Waals surface area contributed by atoms with Gasteiger partial charge in [0, 0.05) is 30.5 Å². The Labute approximate surface area is 153 Å². The number of carbonyl (C=O) groups is 1. The second-order valence-electron chi connectivity index (χ2n) is 6.54. The van der Waals surface area contributed by atoms with Crippen LogP contribution < -0.4 is 14.8 Å². The topological polar surface area (TPSA) is 47.6 Å². The zero-order chi connectivity index (χ0) is 18.5. The Morgan fingerprint density at radius 3 is 2.81 bits per heavy atom. The van der Waals surface area contributed by atoms with Gasteiger partial charge in [-0.3, -0.25) is 4.79 Å². The van der Waals surface area contributed by atoms with Crippen molar-refractivity contribution in [2.24, 2.45) is 0 Å². The van der Waals surface area contributed by atoms with Crippen molar-refractivity contribution in [3.8, 4) is 11.5 Å². The molecule has 0 unspecified atom stereocenters. The van der Waals surface area contributed by atoms with Gasteiger partial charge in [-0.2, -0.15) is 0 Å². The van der Waals surface area contributed by atoms with Gasteiger partial charge in [0.15, 0.2) is 0 Å². The molecule has 0 aromatic heterocycles. The van der Waals surface area contributed by atoms with Gasteiger partial charge in [0.25, 0.3) is 0 Å². The van der Waals surface area contributed by atoms with E-state index in [4.69, 9.17) is 9.47 Å². The lowest BCUT2D eigenvalue weighted by Crippen LogP contribution is -2.23. The summed E-state index contributed by atoms with van der Waals surface area (Å²) in [5.74, 6) is 1.35. The highest BCUT2D eigenvalue weighted by molar-refractivity contribution is 5.76. The molecule has 5 heteroatoms. The summed E-state index contributed by atoms with van der Waals surface area (Å²) in [5.41, 5.74) is 3.00. The molecule has 0 saturated carbocycles. The maximum absolute atomic E-state index is 12.9. The van der Waals surface area contributed by atoms with E-state index in [1.54, 1.807) is 12.1 Å². The number of fused-ring (bicyclic) bond motifs is 1. The van der Waals surface area contributed by atoms with Gasteiger partial charge in [-0.05, 0) is 50.1 Å². The molecule has 2 aromatic rings. The van der Waals surface area contributed by atoms with Crippen LogP contribution in [-0.2, 0) is 24.2 Å². The van der Waals surface area contributed by atoms with E-state index < -0.39 is 0 Å². The summed E-state index contributed by atoms with van der Waals surface area (Å²) in [5, 5.41) is 2.93. The molecule has 0 radical (unpaired) electrons. The largest absolute Gasteiger partial charge is 0.494 e. The Morgan fingerprint density at radius 1 is 1.31 bits per heavy atom. The smallest absolute Gasteiger partial charge is 0.220 e. The van der Waals surface area contributed by atoms with Crippen LogP contribution in [0, 0.1) is 5.82 Å². The SMILES string of the molecule is CCOc1cc2c(cc1CNC(=O)CCc1ccc(F)cc1)O[C@H](C)C2. The van der Waals surface area contributed by atoms with Crippen LogP contribution in [0.2, 0.25) is 0 Å². The molecule has 138 valence electrons. The molecule has 1 heterocycles. The summed E-state index contributed by atoms with van der Waals surface area (Å²) in [7, 11) is 0. The number of benzene rings is 2. The van der Waals surface area contributed by atoms with Crippen LogP contribution in [0.15, 0.2) is 36.4 Å². The number of aryl methyl sites for hydroxylation is 1. The van der Waals surface area contributed by atoms with E-state index in [-0.39, 0.29) is 17.8 Å². The van der Waals surface area contributed by atoms with Crippen molar-refractivity contribution in [2.75, 3.05) is 6.61 Å². The number of ether oxygens (including phenoxy) is 2. The normalized spacial score (nSPS) is 15.3. The van der Waals surface area contributed by atoms with E-state index in [2.05, 4.69) is 5.32 Å². The molecule has 1 aliphatic heterocycles. The van der Waals surface area contributed by atoms with Crippen LogP contribution in [-0.4, -0.2) is 18.6 Å². The molecule has 0 spiro atoms. The molecule has 1 N–H and O–H groups in total. The molecule has 4 nitrogen and oxygen atoms in total. The molecule has 1 amide bonds. The van der Waals surface area contributed by atoms with E-state index in [0.717, 1.165) is 34.6 Å². The van der Waals surface area contributed by atoms with Crippen molar-refractivity contribution in [3.63, 3.8) is 0 Å². The first kappa shape index (κ1) is 18.2. The lowest BCUT2D eigenvalue weighted by atomic mass is 10.1. The molecule has 3 rings (SSSR count). The summed E-state index contributed by atoms with van der Waals surface area (Å²) >= 11 is 0. The second kappa shape index (κ2) is 8.21. The molecule has 0 aliphatic carbocycles. The van der Waals surface area contributed by atoms with Gasteiger partial charge in [0.1, 0.15) is 23.4 Å². The first-order chi connectivity index (χ1) is 12.5. The van der Waals surface area contributed by atoms with Gasteiger partial charge in [-0.25, -0.2) is 4.39 Å². The summed E-state index contributed by atoms with van der Waals surface area (Å²) in [6.07, 6.45) is 1.98. The fourth-order valence-electron chi connectivity index (χ4n) is 3.10. The van der Waals surface area contributed by atoms with Gasteiger partial charge < -0.3 is 14.8 Å². The molecule has 1 aliphatic rings. The lowest BCUT2D eigenvalue weighted by Gasteiger charge is -2.13. The number of hydrogen-bond donors (Lipinski definition) is 1. The fourth-order valence-corrected chi connectivity index (χ4v) is 3.10. The first-order valence-electron chi connectivity index (χ1n) is 9.01. The predicted octanol–water partition coefficient (Wildman–Crippen LogP) is 3.80. The standard InChI is InChI=1S/C21H24FNO3/c1-3-25-19-11-16-10-14(2)26-20(16)12-17(19)13-23-21(24)9-6-15-4-7-18(22)8-5-15/h4-5,7-8,11-12,14H,3,6,9-10,13H2,1-2H3,(H,23,24)/t14-/m1/s1. The predicted molar refractivity (Wildman–Crippen MR) is 98.0 cm³/mol. The van der Waals surface area contributed by atoms with Crippen molar-refractivity contribution < 1.29 is 18.7 Å². The van der Waals surface area contributed by atoms with Gasteiger partial charge in [0.2, 0.25) is 5.91 Å². The zero-order valence-electron chi connectivity index (χ0n) is 15.2. The Hall–Kier alpha value is -2.56. The third-order valence-corrected chi connectivity index (χ3v) is 4.41. The van der Waals surface area contributed by atoms with E-state index in [9.17, 15) is 9.18 Å². The summed E-state index contributed by atoms with van der Waals surface area (Å²) in [4.78, 5) is 12.2. The molecule has 1 atom stereocenters. The van der Waals surface area contributed by atoms with Crippen molar-refractivity contribution in [1.29, 1.82) is 0 Å². The van der Waals surface area contributed by atoms with Gasteiger partial charge in [-0.15, -0.1) is 0 Å². The van der Waals surface area contributed by atoms with Crippen LogP contribution in [0.4, 0.5) is 4.39 Å². The molecule has 0 saturated heterocycles. The molecule has 0 bridgehead atoms. The minimum Gasteiger partial charge on any atom is -0.494 e. The fraction of sp³-hybridized carbons (Fsp3) is 0.381. The third kappa shape index (κ3) is 4.54. The number of nitrogens with one attached hydrogen (secondary N) is 1.